The summed E-state index contributed by atoms with van der Waals surface area (Å²) in [6, 6.07) is 14.9. The summed E-state index contributed by atoms with van der Waals surface area (Å²) in [6.07, 6.45) is 1.75. The van der Waals surface area contributed by atoms with Gasteiger partial charge in [-0.1, -0.05) is 28.1 Å². The third-order valence-corrected chi connectivity index (χ3v) is 5.58. The summed E-state index contributed by atoms with van der Waals surface area (Å²) in [4.78, 5) is 27.5. The van der Waals surface area contributed by atoms with Gasteiger partial charge in [0.1, 0.15) is 11.4 Å². The molecule has 0 saturated heterocycles. The quantitative estimate of drug-likeness (QED) is 0.539. The molecule has 3 rings (SSSR count). The molecule has 0 bridgehead atoms. The van der Waals surface area contributed by atoms with Gasteiger partial charge in [-0.25, -0.2) is 9.59 Å². The minimum atomic E-state index is -0.500. The summed E-state index contributed by atoms with van der Waals surface area (Å²) >= 11 is 3.44. The van der Waals surface area contributed by atoms with Crippen LogP contribution in [0.15, 0.2) is 76.0 Å². The van der Waals surface area contributed by atoms with Crippen molar-refractivity contribution in [2.24, 2.45) is 0 Å². The van der Waals surface area contributed by atoms with Gasteiger partial charge in [0.2, 0.25) is 0 Å². The molecule has 0 radical (unpaired) electrons. The molecule has 6 nitrogen and oxygen atoms in total. The molecule has 162 valence electrons. The van der Waals surface area contributed by atoms with E-state index < -0.39 is 17.9 Å². The number of carbonyl (C=O) groups is 2. The Morgan fingerprint density at radius 2 is 1.65 bits per heavy atom. The average molecular weight is 486 g/mol. The van der Waals surface area contributed by atoms with Crippen molar-refractivity contribution in [1.29, 1.82) is 0 Å². The van der Waals surface area contributed by atoms with Crippen molar-refractivity contribution in [1.82, 2.24) is 0 Å². The maximum atomic E-state index is 13.0. The smallest absolute Gasteiger partial charge is 0.354 e. The number of halogens is 1. The molecular weight excluding hydrogens is 462 g/mol. The number of hydrogen-bond acceptors (Lipinski definition) is 6. The first-order valence-electron chi connectivity index (χ1n) is 9.78. The van der Waals surface area contributed by atoms with Gasteiger partial charge in [-0.3, -0.25) is 0 Å². The molecule has 1 heterocycles. The normalized spacial score (nSPS) is 16.0. The Morgan fingerprint density at radius 1 is 1.00 bits per heavy atom. The van der Waals surface area contributed by atoms with Crippen molar-refractivity contribution in [2.75, 3.05) is 25.7 Å². The van der Waals surface area contributed by atoms with E-state index >= 15 is 0 Å². The van der Waals surface area contributed by atoms with E-state index in [-0.39, 0.29) is 6.61 Å². The SMILES string of the molecule is CCOC(=O)C1=C(C)N(c2ccc(OC)cc2)C(C(=O)OC)=CC1c1ccc(Br)cc1. The Hall–Kier alpha value is -3.06. The highest BCUT2D eigenvalue weighted by Crippen LogP contribution is 2.40. The van der Waals surface area contributed by atoms with Crippen LogP contribution in [0.25, 0.3) is 0 Å². The van der Waals surface area contributed by atoms with Crippen molar-refractivity contribution < 1.29 is 23.8 Å². The van der Waals surface area contributed by atoms with Gasteiger partial charge in [-0.2, -0.15) is 0 Å². The number of esters is 2. The van der Waals surface area contributed by atoms with E-state index in [0.717, 1.165) is 10.0 Å². The number of hydrogen-bond donors (Lipinski definition) is 0. The number of rotatable bonds is 6. The first-order valence-corrected chi connectivity index (χ1v) is 10.6. The monoisotopic (exact) mass is 485 g/mol. The van der Waals surface area contributed by atoms with Gasteiger partial charge in [-0.15, -0.1) is 0 Å². The van der Waals surface area contributed by atoms with Crippen LogP contribution in [-0.4, -0.2) is 32.8 Å². The predicted octanol–water partition coefficient (Wildman–Crippen LogP) is 4.96. The zero-order chi connectivity index (χ0) is 22.5. The molecule has 0 saturated carbocycles. The summed E-state index contributed by atoms with van der Waals surface area (Å²) in [5.74, 6) is -0.702. The van der Waals surface area contributed by atoms with Gasteiger partial charge >= 0.3 is 11.9 Å². The van der Waals surface area contributed by atoms with Crippen molar-refractivity contribution in [3.63, 3.8) is 0 Å². The molecular formula is C24H24BrNO5. The highest BCUT2D eigenvalue weighted by Gasteiger charge is 2.36. The summed E-state index contributed by atoms with van der Waals surface area (Å²) < 4.78 is 16.6. The van der Waals surface area contributed by atoms with Gasteiger partial charge in [0.25, 0.3) is 0 Å². The van der Waals surface area contributed by atoms with Gasteiger partial charge < -0.3 is 19.1 Å². The van der Waals surface area contributed by atoms with Crippen molar-refractivity contribution >= 4 is 33.6 Å². The predicted molar refractivity (Wildman–Crippen MR) is 122 cm³/mol. The third kappa shape index (κ3) is 4.66. The molecule has 1 unspecified atom stereocenters. The fourth-order valence-electron chi connectivity index (χ4n) is 3.59. The highest BCUT2D eigenvalue weighted by atomic mass is 79.9. The number of allylic oxidation sites excluding steroid dienone is 2. The number of anilines is 1. The maximum Gasteiger partial charge on any atom is 0.354 e. The van der Waals surface area contributed by atoms with Crippen LogP contribution in [0.2, 0.25) is 0 Å². The maximum absolute atomic E-state index is 13.0. The van der Waals surface area contributed by atoms with Crippen LogP contribution >= 0.6 is 15.9 Å². The zero-order valence-corrected chi connectivity index (χ0v) is 19.4. The third-order valence-electron chi connectivity index (χ3n) is 5.05. The Morgan fingerprint density at radius 3 is 2.19 bits per heavy atom. The Bertz CT molecular complexity index is 1020. The van der Waals surface area contributed by atoms with E-state index in [4.69, 9.17) is 14.2 Å². The minimum absolute atomic E-state index is 0.249. The van der Waals surface area contributed by atoms with Crippen molar-refractivity contribution in [3.05, 3.63) is 81.6 Å². The molecule has 0 amide bonds. The molecule has 0 aromatic heterocycles. The average Bonchev–Trinajstić information content (AvgIpc) is 2.78. The summed E-state index contributed by atoms with van der Waals surface area (Å²) in [7, 11) is 2.92. The lowest BCUT2D eigenvalue weighted by atomic mass is 9.85. The second-order valence-electron chi connectivity index (χ2n) is 6.83. The molecule has 2 aromatic rings. The Labute approximate surface area is 190 Å². The van der Waals surface area contributed by atoms with E-state index in [0.29, 0.717) is 28.4 Å². The standard InChI is InChI=1S/C24H24BrNO5/c1-5-31-24(28)22-15(2)26(18-10-12-19(29-3)13-11-18)21(23(27)30-4)14-20(22)16-6-8-17(25)9-7-16/h6-14,20H,5H2,1-4H3. The van der Waals surface area contributed by atoms with Crippen LogP contribution in [-0.2, 0) is 19.1 Å². The molecule has 31 heavy (non-hydrogen) atoms. The Kier molecular flexibility index (Phi) is 7.17. The van der Waals surface area contributed by atoms with Crippen LogP contribution < -0.4 is 9.64 Å². The van der Waals surface area contributed by atoms with Crippen LogP contribution in [0.4, 0.5) is 5.69 Å². The van der Waals surface area contributed by atoms with E-state index in [1.807, 2.05) is 36.4 Å². The molecule has 0 fully saturated rings. The van der Waals surface area contributed by atoms with Crippen LogP contribution in [0.3, 0.4) is 0 Å². The first-order chi connectivity index (χ1) is 14.9. The largest absolute Gasteiger partial charge is 0.497 e. The van der Waals surface area contributed by atoms with Crippen molar-refractivity contribution in [3.8, 4) is 5.75 Å². The number of nitrogens with zero attached hydrogens (tertiary/aromatic N) is 1. The van der Waals surface area contributed by atoms with E-state index in [2.05, 4.69) is 15.9 Å². The molecule has 0 spiro atoms. The van der Waals surface area contributed by atoms with Crippen LogP contribution in [0.1, 0.15) is 25.3 Å². The molecule has 0 N–H and O–H groups in total. The lowest BCUT2D eigenvalue weighted by molar-refractivity contribution is -0.139. The van der Waals surface area contributed by atoms with Gasteiger partial charge in [0.15, 0.2) is 0 Å². The lowest BCUT2D eigenvalue weighted by Crippen LogP contribution is -2.34. The number of carbonyl (C=O) groups excluding carboxylic acids is 2. The second-order valence-corrected chi connectivity index (χ2v) is 7.74. The van der Waals surface area contributed by atoms with Crippen molar-refractivity contribution in [2.45, 2.75) is 19.8 Å². The molecule has 1 aliphatic heterocycles. The minimum Gasteiger partial charge on any atom is -0.497 e. The number of methoxy groups -OCH3 is 2. The van der Waals surface area contributed by atoms with E-state index in [1.165, 1.54) is 7.11 Å². The van der Waals surface area contributed by atoms with Gasteiger partial charge in [0.05, 0.1) is 26.4 Å². The summed E-state index contributed by atoms with van der Waals surface area (Å²) in [5.41, 5.74) is 2.95. The van der Waals surface area contributed by atoms with E-state index in [9.17, 15) is 9.59 Å². The first kappa shape index (κ1) is 22.6. The number of benzene rings is 2. The van der Waals surface area contributed by atoms with Crippen LogP contribution in [0, 0.1) is 0 Å². The van der Waals surface area contributed by atoms with Gasteiger partial charge in [0, 0.05) is 21.8 Å². The lowest BCUT2D eigenvalue weighted by Gasteiger charge is -2.35. The zero-order valence-electron chi connectivity index (χ0n) is 17.8. The van der Waals surface area contributed by atoms with E-state index in [1.54, 1.807) is 44.1 Å². The number of ether oxygens (including phenoxy) is 3. The molecule has 7 heteroatoms. The highest BCUT2D eigenvalue weighted by molar-refractivity contribution is 9.10. The van der Waals surface area contributed by atoms with Gasteiger partial charge in [-0.05, 0) is 61.9 Å². The fourth-order valence-corrected chi connectivity index (χ4v) is 3.85. The molecule has 0 aliphatic carbocycles. The summed E-state index contributed by atoms with van der Waals surface area (Å²) in [6.45, 7) is 3.82. The second kappa shape index (κ2) is 9.83. The molecule has 2 aromatic carbocycles. The topological polar surface area (TPSA) is 65.1 Å². The Balaban J connectivity index is 2.21. The van der Waals surface area contributed by atoms with Crippen LogP contribution in [0.5, 0.6) is 5.75 Å². The summed E-state index contributed by atoms with van der Waals surface area (Å²) in [5, 5.41) is 0. The molecule has 1 aliphatic rings. The molecule has 1 atom stereocenters. The fraction of sp³-hybridized carbons (Fsp3) is 0.250.